The van der Waals surface area contributed by atoms with Gasteiger partial charge in [-0.15, -0.1) is 0 Å². The lowest BCUT2D eigenvalue weighted by molar-refractivity contribution is -0.131. The number of urea groups is 1. The van der Waals surface area contributed by atoms with Crippen LogP contribution in [0.4, 0.5) is 16.3 Å². The summed E-state index contributed by atoms with van der Waals surface area (Å²) < 4.78 is 1.77. The molecule has 0 spiro atoms. The number of carbonyl (C=O) groups is 2. The fraction of sp³-hybridized carbons (Fsp3) is 0.419. The van der Waals surface area contributed by atoms with Crippen LogP contribution in [0.1, 0.15) is 50.4 Å². The fourth-order valence-corrected chi connectivity index (χ4v) is 4.81. The van der Waals surface area contributed by atoms with Gasteiger partial charge in [0.1, 0.15) is 5.82 Å². The normalized spacial score (nSPS) is 13.9. The predicted molar refractivity (Wildman–Crippen MR) is 164 cm³/mol. The first-order valence-corrected chi connectivity index (χ1v) is 14.1. The minimum atomic E-state index is -0.331. The molecule has 0 unspecified atom stereocenters. The third-order valence-electron chi connectivity index (χ3n) is 7.37. The molecule has 0 aliphatic carbocycles. The van der Waals surface area contributed by atoms with Gasteiger partial charge in [0.25, 0.3) is 0 Å². The van der Waals surface area contributed by atoms with Crippen molar-refractivity contribution in [3.63, 3.8) is 0 Å². The van der Waals surface area contributed by atoms with Crippen molar-refractivity contribution in [2.45, 2.75) is 52.4 Å². The number of piperidine rings is 1. The Kier molecular flexibility index (Phi) is 9.31. The van der Waals surface area contributed by atoms with Crippen molar-refractivity contribution in [3.8, 4) is 5.69 Å². The van der Waals surface area contributed by atoms with Gasteiger partial charge in [-0.05, 0) is 61.9 Å². The molecule has 1 aliphatic heterocycles. The van der Waals surface area contributed by atoms with Gasteiger partial charge in [0.05, 0.1) is 17.9 Å². The number of likely N-dealkylation sites (tertiary alicyclic amines) is 1. The zero-order valence-electron chi connectivity index (χ0n) is 24.7. The predicted octanol–water partition coefficient (Wildman–Crippen LogP) is 4.65. The summed E-state index contributed by atoms with van der Waals surface area (Å²) in [6, 6.07) is 17.6. The van der Waals surface area contributed by atoms with Crippen LogP contribution in [0.3, 0.4) is 0 Å². The largest absolute Gasteiger partial charge is 0.360 e. The van der Waals surface area contributed by atoms with Crippen molar-refractivity contribution in [1.82, 2.24) is 25.3 Å². The average molecular weight is 559 g/mol. The van der Waals surface area contributed by atoms with Crippen molar-refractivity contribution in [2.75, 3.05) is 37.3 Å². The highest BCUT2D eigenvalue weighted by atomic mass is 16.2. The van der Waals surface area contributed by atoms with Gasteiger partial charge in [-0.1, -0.05) is 50.6 Å². The molecular weight excluding hydrogens is 516 g/mol. The molecule has 10 heteroatoms. The summed E-state index contributed by atoms with van der Waals surface area (Å²) in [5.74, 6) is 1.28. The summed E-state index contributed by atoms with van der Waals surface area (Å²) in [6.07, 6.45) is 2.83. The van der Waals surface area contributed by atoms with Crippen LogP contribution in [0.5, 0.6) is 0 Å². The number of carbonyl (C=O) groups excluding carboxylic acids is 2. The zero-order valence-corrected chi connectivity index (χ0v) is 24.7. The molecule has 3 amide bonds. The standard InChI is InChI=1S/C31H42N8O2/c1-21-6-12-25(13-7-21)39-27(19-26(37-39)31(2,3)4)36-30(41)35-24-10-8-22(9-11-24)18-23-14-16-38(17-15-23)28(40)20-34-29(32)33-5/h6-13,19,23H,14-18,20H2,1-5H3,(H3,32,33,34)(H2,35,36,41). The quantitative estimate of drug-likeness (QED) is 0.213. The minimum Gasteiger partial charge on any atom is -0.360 e. The Balaban J connectivity index is 1.31. The molecule has 1 aromatic heterocycles. The van der Waals surface area contributed by atoms with Crippen LogP contribution in [0.2, 0.25) is 0 Å². The van der Waals surface area contributed by atoms with Gasteiger partial charge in [0.15, 0.2) is 5.96 Å². The Bertz CT molecular complexity index is 1350. The topological polar surface area (TPSA) is 127 Å². The number of rotatable bonds is 7. The number of aryl methyl sites for hydroxylation is 1. The summed E-state index contributed by atoms with van der Waals surface area (Å²) in [4.78, 5) is 27.2. The lowest BCUT2D eigenvalue weighted by atomic mass is 9.90. The highest BCUT2D eigenvalue weighted by Crippen LogP contribution is 2.27. The van der Waals surface area contributed by atoms with Crippen LogP contribution in [-0.4, -0.2) is 59.3 Å². The van der Waals surface area contributed by atoms with Gasteiger partial charge in [-0.2, -0.15) is 5.10 Å². The van der Waals surface area contributed by atoms with Crippen LogP contribution < -0.4 is 21.3 Å². The Hall–Kier alpha value is -4.34. The molecule has 1 aliphatic rings. The fourth-order valence-electron chi connectivity index (χ4n) is 4.81. The first-order valence-electron chi connectivity index (χ1n) is 14.1. The van der Waals surface area contributed by atoms with E-state index in [1.807, 2.05) is 54.3 Å². The number of hydrogen-bond donors (Lipinski definition) is 5. The maximum Gasteiger partial charge on any atom is 0.324 e. The molecule has 0 radical (unpaired) electrons. The van der Waals surface area contributed by atoms with Crippen LogP contribution >= 0.6 is 0 Å². The van der Waals surface area contributed by atoms with Crippen LogP contribution in [0.25, 0.3) is 5.69 Å². The number of amides is 3. The van der Waals surface area contributed by atoms with E-state index >= 15 is 0 Å². The maximum atomic E-state index is 13.0. The van der Waals surface area contributed by atoms with Crippen molar-refractivity contribution in [1.29, 1.82) is 5.41 Å². The summed E-state index contributed by atoms with van der Waals surface area (Å²) in [5, 5.41) is 23.7. The van der Waals surface area contributed by atoms with Gasteiger partial charge >= 0.3 is 6.03 Å². The smallest absolute Gasteiger partial charge is 0.324 e. The first kappa shape index (κ1) is 29.6. The molecule has 0 bridgehead atoms. The summed E-state index contributed by atoms with van der Waals surface area (Å²) in [6.45, 7) is 9.93. The van der Waals surface area contributed by atoms with Crippen LogP contribution in [0.15, 0.2) is 54.6 Å². The lowest BCUT2D eigenvalue weighted by Gasteiger charge is -2.32. The molecule has 1 saturated heterocycles. The van der Waals surface area contributed by atoms with E-state index in [0.717, 1.165) is 49.3 Å². The number of hydrogen-bond acceptors (Lipinski definition) is 4. The number of nitrogens with one attached hydrogen (secondary N) is 5. The molecule has 1 fully saturated rings. The molecule has 0 atom stereocenters. The molecule has 0 saturated carbocycles. The second kappa shape index (κ2) is 12.9. The van der Waals surface area contributed by atoms with E-state index in [1.54, 1.807) is 11.7 Å². The number of benzene rings is 2. The Morgan fingerprint density at radius 1 is 1.00 bits per heavy atom. The van der Waals surface area contributed by atoms with E-state index in [0.29, 0.717) is 17.4 Å². The Morgan fingerprint density at radius 3 is 2.27 bits per heavy atom. The Morgan fingerprint density at radius 2 is 1.66 bits per heavy atom. The van der Waals surface area contributed by atoms with Crippen molar-refractivity contribution in [3.05, 3.63) is 71.4 Å². The van der Waals surface area contributed by atoms with Crippen LogP contribution in [0, 0.1) is 18.3 Å². The monoisotopic (exact) mass is 558 g/mol. The molecule has 2 heterocycles. The lowest BCUT2D eigenvalue weighted by Crippen LogP contribution is -2.46. The summed E-state index contributed by atoms with van der Waals surface area (Å²) >= 11 is 0. The van der Waals surface area contributed by atoms with E-state index in [4.69, 9.17) is 10.5 Å². The molecular formula is C31H42N8O2. The summed E-state index contributed by atoms with van der Waals surface area (Å²) in [5.41, 5.74) is 4.68. The molecule has 3 aromatic rings. The van der Waals surface area contributed by atoms with E-state index in [2.05, 4.69) is 54.2 Å². The van der Waals surface area contributed by atoms with Gasteiger partial charge in [0.2, 0.25) is 5.91 Å². The average Bonchev–Trinajstić information content (AvgIpc) is 3.37. The van der Waals surface area contributed by atoms with Gasteiger partial charge < -0.3 is 20.9 Å². The van der Waals surface area contributed by atoms with E-state index in [1.165, 1.54) is 5.56 Å². The number of nitrogens with zero attached hydrogens (tertiary/aromatic N) is 3. The summed E-state index contributed by atoms with van der Waals surface area (Å²) in [7, 11) is 1.65. The molecule has 5 N–H and O–H groups in total. The van der Waals surface area contributed by atoms with Crippen LogP contribution in [-0.2, 0) is 16.6 Å². The van der Waals surface area contributed by atoms with Gasteiger partial charge in [-0.3, -0.25) is 15.5 Å². The molecule has 41 heavy (non-hydrogen) atoms. The number of anilines is 2. The highest BCUT2D eigenvalue weighted by molar-refractivity contribution is 5.99. The minimum absolute atomic E-state index is 0.0219. The molecule has 218 valence electrons. The van der Waals surface area contributed by atoms with Gasteiger partial charge in [-0.25, -0.2) is 9.48 Å². The van der Waals surface area contributed by atoms with Crippen molar-refractivity contribution in [2.24, 2.45) is 5.92 Å². The van der Waals surface area contributed by atoms with Crippen molar-refractivity contribution >= 4 is 29.4 Å². The van der Waals surface area contributed by atoms with Gasteiger partial charge in [0, 0.05) is 37.3 Å². The van der Waals surface area contributed by atoms with Crippen molar-refractivity contribution < 1.29 is 9.59 Å². The molecule has 2 aromatic carbocycles. The third-order valence-corrected chi connectivity index (χ3v) is 7.37. The third kappa shape index (κ3) is 8.09. The first-order chi connectivity index (χ1) is 19.5. The molecule has 10 nitrogen and oxygen atoms in total. The second-order valence-electron chi connectivity index (χ2n) is 11.7. The van der Waals surface area contributed by atoms with E-state index < -0.39 is 0 Å². The Labute approximate surface area is 242 Å². The van der Waals surface area contributed by atoms with E-state index in [9.17, 15) is 9.59 Å². The number of guanidine groups is 1. The highest BCUT2D eigenvalue weighted by Gasteiger charge is 2.24. The number of aromatic nitrogens is 2. The zero-order chi connectivity index (χ0) is 29.6. The maximum absolute atomic E-state index is 13.0. The second-order valence-corrected chi connectivity index (χ2v) is 11.7. The molecule has 4 rings (SSSR count). The van der Waals surface area contributed by atoms with E-state index in [-0.39, 0.29) is 29.9 Å². The SMILES string of the molecule is CNC(=N)NCC(=O)N1CCC(Cc2ccc(NC(=O)Nc3cc(C(C)(C)C)nn3-c3ccc(C)cc3)cc2)CC1.